The summed E-state index contributed by atoms with van der Waals surface area (Å²) in [6.07, 6.45) is 5.03. The molecule has 1 aliphatic rings. The van der Waals surface area contributed by atoms with Crippen molar-refractivity contribution in [3.8, 4) is 0 Å². The number of benzene rings is 1. The number of fused-ring (bicyclic) bond motifs is 2. The zero-order valence-corrected chi connectivity index (χ0v) is 8.68. The van der Waals surface area contributed by atoms with Gasteiger partial charge in [-0.2, -0.15) is 0 Å². The van der Waals surface area contributed by atoms with Gasteiger partial charge in [0, 0.05) is 12.4 Å². The number of carboxylic acids is 1. The second kappa shape index (κ2) is 3.48. The van der Waals surface area contributed by atoms with Gasteiger partial charge < -0.3 is 14.9 Å². The molecule has 0 spiro atoms. The van der Waals surface area contributed by atoms with E-state index in [0.29, 0.717) is 5.42 Å². The van der Waals surface area contributed by atoms with E-state index in [1.54, 1.807) is 36.8 Å². The largest absolute Gasteiger partial charge is 0.478 e. The van der Waals surface area contributed by atoms with E-state index in [1.807, 2.05) is 0 Å². The third-order valence-corrected chi connectivity index (χ3v) is 2.64. The molecule has 0 radical (unpaired) electrons. The number of aromatic nitrogens is 1. The van der Waals surface area contributed by atoms with Gasteiger partial charge in [-0.05, 0) is 22.6 Å². The molecule has 2 heterocycles. The van der Waals surface area contributed by atoms with Gasteiger partial charge in [-0.3, -0.25) is 0 Å². The Labute approximate surface area is 95.0 Å². The SMILES string of the molecule is O=C(O)c1ccc2c(c1)=CNC=c1oncc1=2. The maximum absolute atomic E-state index is 10.9. The van der Waals surface area contributed by atoms with Gasteiger partial charge >= 0.3 is 5.97 Å². The van der Waals surface area contributed by atoms with Gasteiger partial charge in [0.15, 0.2) is 5.42 Å². The van der Waals surface area contributed by atoms with Crippen molar-refractivity contribution < 1.29 is 14.4 Å². The lowest BCUT2D eigenvalue weighted by Gasteiger charge is -1.94. The van der Waals surface area contributed by atoms with E-state index in [0.717, 1.165) is 15.7 Å². The van der Waals surface area contributed by atoms with E-state index in [9.17, 15) is 4.79 Å². The maximum atomic E-state index is 10.9. The Bertz CT molecular complexity index is 805. The van der Waals surface area contributed by atoms with E-state index < -0.39 is 5.97 Å². The van der Waals surface area contributed by atoms with Gasteiger partial charge in [-0.15, -0.1) is 0 Å². The summed E-state index contributed by atoms with van der Waals surface area (Å²) in [5.74, 6) is -0.944. The Hall–Kier alpha value is -2.56. The predicted molar refractivity (Wildman–Crippen MR) is 58.9 cm³/mol. The minimum Gasteiger partial charge on any atom is -0.478 e. The Balaban J connectivity index is 2.52. The minimum atomic E-state index is -0.944. The van der Waals surface area contributed by atoms with Crippen molar-refractivity contribution in [2.24, 2.45) is 0 Å². The number of carbonyl (C=O) groups is 1. The zero-order chi connectivity index (χ0) is 11.8. The van der Waals surface area contributed by atoms with Crippen LogP contribution in [0.2, 0.25) is 0 Å². The number of carboxylic acid groups (broad SMARTS) is 1. The van der Waals surface area contributed by atoms with E-state index in [-0.39, 0.29) is 5.56 Å². The van der Waals surface area contributed by atoms with Gasteiger partial charge in [0.05, 0.1) is 17.0 Å². The molecular formula is C12H8N2O3. The van der Waals surface area contributed by atoms with Crippen LogP contribution in [0, 0.1) is 10.4 Å². The summed E-state index contributed by atoms with van der Waals surface area (Å²) in [5, 5.41) is 18.1. The number of nitrogens with one attached hydrogen (secondary N) is 1. The molecule has 5 heteroatoms. The summed E-state index contributed by atoms with van der Waals surface area (Å²) in [6.45, 7) is 0. The first kappa shape index (κ1) is 9.65. The fraction of sp³-hybridized carbons (Fsp3) is 0. The lowest BCUT2D eigenvalue weighted by atomic mass is 10.1. The van der Waals surface area contributed by atoms with Crippen LogP contribution in [0.25, 0.3) is 12.4 Å². The fourth-order valence-corrected chi connectivity index (χ4v) is 1.82. The number of aromatic carboxylic acids is 1. The summed E-state index contributed by atoms with van der Waals surface area (Å²) in [6, 6.07) is 4.93. The topological polar surface area (TPSA) is 75.4 Å². The van der Waals surface area contributed by atoms with Crippen LogP contribution >= 0.6 is 0 Å². The Kier molecular flexibility index (Phi) is 1.98. The van der Waals surface area contributed by atoms with Gasteiger partial charge in [0.25, 0.3) is 0 Å². The lowest BCUT2D eigenvalue weighted by Crippen LogP contribution is -2.10. The molecule has 0 aliphatic carbocycles. The summed E-state index contributed by atoms with van der Waals surface area (Å²) in [7, 11) is 0. The molecule has 0 unspecified atom stereocenters. The summed E-state index contributed by atoms with van der Waals surface area (Å²) >= 11 is 0. The second-order valence-electron chi connectivity index (χ2n) is 3.67. The van der Waals surface area contributed by atoms with Crippen LogP contribution in [-0.4, -0.2) is 16.2 Å². The highest BCUT2D eigenvalue weighted by molar-refractivity contribution is 5.87. The number of hydrogen-bond acceptors (Lipinski definition) is 4. The standard InChI is InChI=1S/C12H8N2O3/c15-12(16)7-1-2-9-8(3-7)4-13-6-11-10(9)5-14-17-11/h1-6,13H,(H,15,16). The van der Waals surface area contributed by atoms with Crippen LogP contribution in [0.5, 0.6) is 0 Å². The third-order valence-electron chi connectivity index (χ3n) is 2.64. The summed E-state index contributed by atoms with van der Waals surface area (Å²) in [5.41, 5.74) is 0.879. The molecule has 1 aromatic carbocycles. The van der Waals surface area contributed by atoms with Gasteiger partial charge in [0.1, 0.15) is 0 Å². The van der Waals surface area contributed by atoms with Crippen LogP contribution in [-0.2, 0) is 0 Å². The highest BCUT2D eigenvalue weighted by Gasteiger charge is 2.03. The molecule has 17 heavy (non-hydrogen) atoms. The molecule has 1 aliphatic heterocycles. The zero-order valence-electron chi connectivity index (χ0n) is 8.68. The third kappa shape index (κ3) is 1.48. The molecule has 2 aromatic rings. The minimum absolute atomic E-state index is 0.252. The van der Waals surface area contributed by atoms with Crippen molar-refractivity contribution in [2.75, 3.05) is 0 Å². The van der Waals surface area contributed by atoms with Crippen LogP contribution < -0.4 is 16.0 Å². The van der Waals surface area contributed by atoms with E-state index in [1.165, 1.54) is 0 Å². The van der Waals surface area contributed by atoms with E-state index in [4.69, 9.17) is 9.63 Å². The number of hydrogen-bond donors (Lipinski definition) is 2. The molecule has 2 N–H and O–H groups in total. The Morgan fingerprint density at radius 2 is 2.18 bits per heavy atom. The van der Waals surface area contributed by atoms with Crippen molar-refractivity contribution in [3.63, 3.8) is 0 Å². The first-order valence-electron chi connectivity index (χ1n) is 5.00. The van der Waals surface area contributed by atoms with Crippen LogP contribution in [0.1, 0.15) is 10.4 Å². The van der Waals surface area contributed by atoms with E-state index in [2.05, 4.69) is 10.5 Å². The van der Waals surface area contributed by atoms with Crippen LogP contribution in [0.3, 0.4) is 0 Å². The first-order chi connectivity index (χ1) is 8.25. The highest BCUT2D eigenvalue weighted by Crippen LogP contribution is 1.97. The molecule has 5 nitrogen and oxygen atoms in total. The smallest absolute Gasteiger partial charge is 0.335 e. The van der Waals surface area contributed by atoms with Crippen molar-refractivity contribution in [1.82, 2.24) is 10.5 Å². The molecule has 0 fully saturated rings. The van der Waals surface area contributed by atoms with Crippen molar-refractivity contribution in [2.45, 2.75) is 0 Å². The maximum Gasteiger partial charge on any atom is 0.335 e. The molecule has 1 aromatic heterocycles. The first-order valence-corrected chi connectivity index (χ1v) is 5.00. The average Bonchev–Trinajstić information content (AvgIpc) is 2.71. The monoisotopic (exact) mass is 228 g/mol. The molecule has 0 amide bonds. The second-order valence-corrected chi connectivity index (χ2v) is 3.67. The summed E-state index contributed by atoms with van der Waals surface area (Å²) in [4.78, 5) is 10.9. The van der Waals surface area contributed by atoms with Gasteiger partial charge in [0.2, 0.25) is 0 Å². The van der Waals surface area contributed by atoms with Crippen molar-refractivity contribution in [1.29, 1.82) is 0 Å². The van der Waals surface area contributed by atoms with E-state index >= 15 is 0 Å². The summed E-state index contributed by atoms with van der Waals surface area (Å²) < 4.78 is 5.07. The molecule has 3 rings (SSSR count). The number of rotatable bonds is 1. The molecule has 0 saturated heterocycles. The van der Waals surface area contributed by atoms with Crippen molar-refractivity contribution >= 4 is 18.4 Å². The van der Waals surface area contributed by atoms with Gasteiger partial charge in [-0.1, -0.05) is 11.2 Å². The van der Waals surface area contributed by atoms with Crippen LogP contribution in [0.4, 0.5) is 0 Å². The molecule has 0 atom stereocenters. The fourth-order valence-electron chi connectivity index (χ4n) is 1.82. The highest BCUT2D eigenvalue weighted by atomic mass is 16.5. The molecule has 84 valence electrons. The molecule has 0 saturated carbocycles. The van der Waals surface area contributed by atoms with Crippen LogP contribution in [0.15, 0.2) is 28.9 Å². The molecular weight excluding hydrogens is 220 g/mol. The normalized spacial score (nSPS) is 12.2. The lowest BCUT2D eigenvalue weighted by molar-refractivity contribution is 0.0697. The Morgan fingerprint density at radius 3 is 3.00 bits per heavy atom. The molecule has 0 bridgehead atoms. The number of nitrogens with zero attached hydrogens (tertiary/aromatic N) is 1. The van der Waals surface area contributed by atoms with Gasteiger partial charge in [-0.25, -0.2) is 4.79 Å². The predicted octanol–water partition coefficient (Wildman–Crippen LogP) is -0.261. The average molecular weight is 228 g/mol. The quantitative estimate of drug-likeness (QED) is 0.703. The van der Waals surface area contributed by atoms with Crippen molar-refractivity contribution in [3.05, 3.63) is 51.0 Å². The Morgan fingerprint density at radius 1 is 1.29 bits per heavy atom.